The third-order valence-corrected chi connectivity index (χ3v) is 3.25. The molecule has 0 aromatic heterocycles. The van der Waals surface area contributed by atoms with E-state index in [0.717, 1.165) is 8.95 Å². The molecule has 0 aliphatic rings. The van der Waals surface area contributed by atoms with E-state index in [1.807, 2.05) is 6.07 Å². The number of halogens is 3. The molecule has 17 heavy (non-hydrogen) atoms. The second kappa shape index (κ2) is 7.20. The lowest BCUT2D eigenvalue weighted by Gasteiger charge is -2.15. The van der Waals surface area contributed by atoms with E-state index in [-0.39, 0.29) is 24.8 Å². The van der Waals surface area contributed by atoms with Crippen molar-refractivity contribution in [2.24, 2.45) is 5.73 Å². The lowest BCUT2D eigenvalue weighted by molar-refractivity contribution is -0.141. The maximum absolute atomic E-state index is 11.1. The molecule has 7 heteroatoms. The molecule has 0 aliphatic heterocycles. The van der Waals surface area contributed by atoms with E-state index < -0.39 is 6.04 Å². The zero-order chi connectivity index (χ0) is 12.3. The summed E-state index contributed by atoms with van der Waals surface area (Å²) in [7, 11) is 1.33. The van der Waals surface area contributed by atoms with Gasteiger partial charge < -0.3 is 16.2 Å². The van der Waals surface area contributed by atoms with Crippen LogP contribution in [0.2, 0.25) is 0 Å². The normalized spacial score (nSPS) is 11.5. The van der Waals surface area contributed by atoms with Gasteiger partial charge in [0.15, 0.2) is 0 Å². The van der Waals surface area contributed by atoms with E-state index in [0.29, 0.717) is 11.3 Å². The predicted octanol–water partition coefficient (Wildman–Crippen LogP) is 2.78. The second-order valence-corrected chi connectivity index (χ2v) is 5.05. The number of ether oxygens (including phenoxy) is 1. The van der Waals surface area contributed by atoms with Crippen LogP contribution in [0.25, 0.3) is 0 Å². The second-order valence-electron chi connectivity index (χ2n) is 3.28. The minimum atomic E-state index is -0.471. The zero-order valence-electron chi connectivity index (χ0n) is 9.07. The molecule has 0 aliphatic carbocycles. The predicted molar refractivity (Wildman–Crippen MR) is 77.1 cm³/mol. The van der Waals surface area contributed by atoms with Crippen LogP contribution in [0.15, 0.2) is 21.1 Å². The minimum Gasteiger partial charge on any atom is -0.469 e. The van der Waals surface area contributed by atoms with Crippen molar-refractivity contribution < 1.29 is 9.53 Å². The van der Waals surface area contributed by atoms with Gasteiger partial charge >= 0.3 is 5.97 Å². The van der Waals surface area contributed by atoms with Crippen LogP contribution in [0.3, 0.4) is 0 Å². The Balaban J connectivity index is 0.00000256. The molecule has 1 rings (SSSR count). The molecule has 0 bridgehead atoms. The van der Waals surface area contributed by atoms with Crippen molar-refractivity contribution in [3.8, 4) is 0 Å². The molecular weight excluding hydrogens is 375 g/mol. The van der Waals surface area contributed by atoms with Gasteiger partial charge in [0.2, 0.25) is 0 Å². The first-order chi connectivity index (χ1) is 7.45. The van der Waals surface area contributed by atoms with Crippen LogP contribution >= 0.6 is 44.3 Å². The van der Waals surface area contributed by atoms with Gasteiger partial charge in [0, 0.05) is 15.0 Å². The number of methoxy groups -OCH3 is 1. The highest BCUT2D eigenvalue weighted by Crippen LogP contribution is 2.32. The molecule has 1 atom stereocenters. The van der Waals surface area contributed by atoms with E-state index >= 15 is 0 Å². The van der Waals surface area contributed by atoms with Gasteiger partial charge in [-0.25, -0.2) is 0 Å². The van der Waals surface area contributed by atoms with Gasteiger partial charge in [0.05, 0.1) is 19.2 Å². The topological polar surface area (TPSA) is 78.3 Å². The molecule has 96 valence electrons. The van der Waals surface area contributed by atoms with E-state index in [1.54, 1.807) is 6.07 Å². The highest BCUT2D eigenvalue weighted by molar-refractivity contribution is 9.11. The van der Waals surface area contributed by atoms with Crippen molar-refractivity contribution >= 4 is 55.9 Å². The van der Waals surface area contributed by atoms with Gasteiger partial charge in [0.25, 0.3) is 0 Å². The average Bonchev–Trinajstić information content (AvgIpc) is 2.22. The monoisotopic (exact) mass is 386 g/mol. The molecule has 0 radical (unpaired) electrons. The van der Waals surface area contributed by atoms with E-state index in [4.69, 9.17) is 11.5 Å². The first-order valence-corrected chi connectivity index (χ1v) is 6.11. The summed E-state index contributed by atoms with van der Waals surface area (Å²) < 4.78 is 6.16. The summed E-state index contributed by atoms with van der Waals surface area (Å²) in [6.45, 7) is 0. The van der Waals surface area contributed by atoms with Crippen LogP contribution in [0.4, 0.5) is 5.69 Å². The first-order valence-electron chi connectivity index (χ1n) is 4.52. The quantitative estimate of drug-likeness (QED) is 0.617. The van der Waals surface area contributed by atoms with E-state index in [1.165, 1.54) is 7.11 Å². The molecule has 0 saturated carbocycles. The van der Waals surface area contributed by atoms with Gasteiger partial charge in [-0.2, -0.15) is 0 Å². The van der Waals surface area contributed by atoms with Gasteiger partial charge in [-0.1, -0.05) is 15.9 Å². The molecule has 1 aromatic rings. The number of esters is 1. The number of rotatable bonds is 3. The van der Waals surface area contributed by atoms with Gasteiger partial charge in [0.1, 0.15) is 0 Å². The number of benzene rings is 1. The van der Waals surface area contributed by atoms with Crippen molar-refractivity contribution in [2.45, 2.75) is 12.5 Å². The molecule has 0 saturated heterocycles. The Labute approximate surface area is 123 Å². The van der Waals surface area contributed by atoms with Crippen molar-refractivity contribution in [2.75, 3.05) is 12.8 Å². The summed E-state index contributed by atoms with van der Waals surface area (Å²) in [5, 5.41) is 0. The number of hydrogen-bond donors (Lipinski definition) is 2. The SMILES string of the molecule is COC(=O)C[C@@H](N)c1cc(Br)cc(Br)c1N.Cl. The van der Waals surface area contributed by atoms with Crippen molar-refractivity contribution in [3.05, 3.63) is 26.6 Å². The van der Waals surface area contributed by atoms with Crippen molar-refractivity contribution in [1.82, 2.24) is 0 Å². The fraction of sp³-hybridized carbons (Fsp3) is 0.300. The lowest BCUT2D eigenvalue weighted by Crippen LogP contribution is -2.17. The number of nitrogen functional groups attached to an aromatic ring is 1. The Morgan fingerprint density at radius 3 is 2.59 bits per heavy atom. The van der Waals surface area contributed by atoms with Crippen molar-refractivity contribution in [1.29, 1.82) is 0 Å². The summed E-state index contributed by atoms with van der Waals surface area (Å²) in [5.41, 5.74) is 13.0. The zero-order valence-corrected chi connectivity index (χ0v) is 13.1. The van der Waals surface area contributed by atoms with Crippen LogP contribution in [0.1, 0.15) is 18.0 Å². The third kappa shape index (κ3) is 4.46. The molecular formula is C10H13Br2ClN2O2. The third-order valence-electron chi connectivity index (χ3n) is 2.14. The standard InChI is InChI=1S/C10H12Br2N2O2.ClH/c1-16-9(15)4-8(13)6-2-5(11)3-7(12)10(6)14;/h2-3,8H,4,13-14H2,1H3;1H/t8-;/m1./s1. The Morgan fingerprint density at radius 1 is 1.47 bits per heavy atom. The largest absolute Gasteiger partial charge is 0.469 e. The highest BCUT2D eigenvalue weighted by atomic mass is 79.9. The Bertz CT molecular complexity index is 416. The molecule has 4 nitrogen and oxygen atoms in total. The fourth-order valence-corrected chi connectivity index (χ4v) is 2.54. The molecule has 0 fully saturated rings. The van der Waals surface area contributed by atoms with E-state index in [9.17, 15) is 4.79 Å². The number of carbonyl (C=O) groups excluding carboxylic acids is 1. The number of hydrogen-bond acceptors (Lipinski definition) is 4. The Kier molecular flexibility index (Phi) is 7.08. The van der Waals surface area contributed by atoms with Crippen LogP contribution in [-0.4, -0.2) is 13.1 Å². The average molecular weight is 388 g/mol. The number of carbonyl (C=O) groups is 1. The van der Waals surface area contributed by atoms with Crippen LogP contribution in [-0.2, 0) is 9.53 Å². The number of nitrogens with two attached hydrogens (primary N) is 2. The maximum atomic E-state index is 11.1. The van der Waals surface area contributed by atoms with E-state index in [2.05, 4.69) is 36.6 Å². The number of anilines is 1. The fourth-order valence-electron chi connectivity index (χ4n) is 1.28. The molecule has 0 amide bonds. The maximum Gasteiger partial charge on any atom is 0.307 e. The summed E-state index contributed by atoms with van der Waals surface area (Å²) >= 11 is 6.66. The Morgan fingerprint density at radius 2 is 2.06 bits per heavy atom. The van der Waals surface area contributed by atoms with Gasteiger partial charge in [-0.3, -0.25) is 4.79 Å². The minimum absolute atomic E-state index is 0. The molecule has 0 unspecified atom stereocenters. The first kappa shape index (κ1) is 16.7. The molecule has 4 N–H and O–H groups in total. The molecule has 0 spiro atoms. The van der Waals surface area contributed by atoms with Crippen molar-refractivity contribution in [3.63, 3.8) is 0 Å². The smallest absolute Gasteiger partial charge is 0.307 e. The molecule has 1 aromatic carbocycles. The van der Waals surface area contributed by atoms with Crippen LogP contribution < -0.4 is 11.5 Å². The highest BCUT2D eigenvalue weighted by Gasteiger charge is 2.16. The van der Waals surface area contributed by atoms with Crippen LogP contribution in [0.5, 0.6) is 0 Å². The lowest BCUT2D eigenvalue weighted by atomic mass is 10.0. The van der Waals surface area contributed by atoms with Crippen LogP contribution in [0, 0.1) is 0 Å². The summed E-state index contributed by atoms with van der Waals surface area (Å²) in [6.07, 6.45) is 0.101. The summed E-state index contributed by atoms with van der Waals surface area (Å²) in [4.78, 5) is 11.1. The van der Waals surface area contributed by atoms with Gasteiger partial charge in [-0.05, 0) is 33.6 Å². The molecule has 0 heterocycles. The van der Waals surface area contributed by atoms with Gasteiger partial charge in [-0.15, -0.1) is 12.4 Å². The Hall–Kier alpha value is -0.300. The summed E-state index contributed by atoms with van der Waals surface area (Å²) in [5.74, 6) is -0.358. The summed E-state index contributed by atoms with van der Waals surface area (Å²) in [6, 6.07) is 3.15.